The van der Waals surface area contributed by atoms with Crippen LogP contribution in [0.2, 0.25) is 0 Å². The molecular formula is C33H42N4O7. The first-order chi connectivity index (χ1) is 21.0. The van der Waals surface area contributed by atoms with Crippen molar-refractivity contribution in [3.05, 3.63) is 71.8 Å². The van der Waals surface area contributed by atoms with Crippen molar-refractivity contribution in [2.75, 3.05) is 0 Å². The molecule has 1 fully saturated rings. The number of hydrogen-bond donors (Lipinski definition) is 5. The first-order valence-corrected chi connectivity index (χ1v) is 15.0. The van der Waals surface area contributed by atoms with E-state index in [1.807, 2.05) is 43.3 Å². The maximum absolute atomic E-state index is 13.3. The molecule has 0 aromatic heterocycles. The van der Waals surface area contributed by atoms with Crippen molar-refractivity contribution in [3.63, 3.8) is 0 Å². The van der Waals surface area contributed by atoms with E-state index in [1.165, 1.54) is 6.92 Å². The maximum atomic E-state index is 13.3. The summed E-state index contributed by atoms with van der Waals surface area (Å²) in [7, 11) is 0. The molecule has 5 N–H and O–H groups in total. The number of hydrogen-bond acceptors (Lipinski definition) is 6. The summed E-state index contributed by atoms with van der Waals surface area (Å²) >= 11 is 0. The molecule has 0 radical (unpaired) electrons. The molecule has 4 atom stereocenters. The van der Waals surface area contributed by atoms with E-state index in [-0.39, 0.29) is 31.6 Å². The topological polar surface area (TPSA) is 171 Å². The van der Waals surface area contributed by atoms with Gasteiger partial charge in [-0.05, 0) is 36.8 Å². The Hall–Kier alpha value is -4.54. The first-order valence-electron chi connectivity index (χ1n) is 15.0. The number of carbonyl (C=O) groups is 6. The van der Waals surface area contributed by atoms with Crippen molar-refractivity contribution in [3.8, 4) is 0 Å². The number of benzene rings is 2. The summed E-state index contributed by atoms with van der Waals surface area (Å²) in [5, 5.41) is 20.1. The number of nitrogens with one attached hydrogen (secondary N) is 4. The lowest BCUT2D eigenvalue weighted by atomic mass is 9.93. The zero-order valence-electron chi connectivity index (χ0n) is 25.4. The van der Waals surface area contributed by atoms with Crippen LogP contribution in [0.5, 0.6) is 0 Å². The Morgan fingerprint density at radius 2 is 1.36 bits per heavy atom. The fourth-order valence-electron chi connectivity index (χ4n) is 5.26. The normalized spacial score (nSPS) is 16.4. The van der Waals surface area contributed by atoms with Gasteiger partial charge in [-0.2, -0.15) is 0 Å². The van der Waals surface area contributed by atoms with Crippen molar-refractivity contribution in [1.29, 1.82) is 0 Å². The molecule has 1 saturated carbocycles. The number of ketones is 1. The predicted molar refractivity (Wildman–Crippen MR) is 163 cm³/mol. The summed E-state index contributed by atoms with van der Waals surface area (Å²) in [5.41, 5.74) is 0.150. The zero-order chi connectivity index (χ0) is 32.3. The van der Waals surface area contributed by atoms with E-state index in [0.717, 1.165) is 11.1 Å². The van der Waals surface area contributed by atoms with Crippen LogP contribution in [-0.2, 0) is 41.6 Å². The van der Waals surface area contributed by atoms with E-state index < -0.39 is 59.1 Å². The fraction of sp³-hybridized carbons (Fsp3) is 0.455. The van der Waals surface area contributed by atoms with Crippen LogP contribution in [0.4, 0.5) is 0 Å². The highest BCUT2D eigenvalue weighted by Crippen LogP contribution is 2.30. The lowest BCUT2D eigenvalue weighted by Crippen LogP contribution is -2.61. The largest absolute Gasteiger partial charge is 0.480 e. The highest BCUT2D eigenvalue weighted by molar-refractivity contribution is 6.38. The van der Waals surface area contributed by atoms with Crippen LogP contribution in [0.1, 0.15) is 64.0 Å². The number of amides is 4. The quantitative estimate of drug-likeness (QED) is 0.193. The lowest BCUT2D eigenvalue weighted by molar-refractivity contribution is -0.148. The van der Waals surface area contributed by atoms with Gasteiger partial charge in [0.15, 0.2) is 0 Å². The van der Waals surface area contributed by atoms with Gasteiger partial charge in [-0.3, -0.25) is 24.0 Å². The predicted octanol–water partition coefficient (Wildman–Crippen LogP) is 2.07. The molecule has 0 aliphatic heterocycles. The van der Waals surface area contributed by atoms with Crippen molar-refractivity contribution in [1.82, 2.24) is 21.3 Å². The summed E-state index contributed by atoms with van der Waals surface area (Å²) < 4.78 is 0. The van der Waals surface area contributed by atoms with E-state index in [1.54, 1.807) is 31.2 Å². The van der Waals surface area contributed by atoms with E-state index in [0.29, 0.717) is 19.3 Å². The molecule has 1 unspecified atom stereocenters. The Morgan fingerprint density at radius 3 is 1.91 bits per heavy atom. The van der Waals surface area contributed by atoms with E-state index in [9.17, 15) is 33.9 Å². The van der Waals surface area contributed by atoms with Gasteiger partial charge in [0.2, 0.25) is 23.5 Å². The Bertz CT molecular complexity index is 1330. The second kappa shape index (κ2) is 15.8. The van der Waals surface area contributed by atoms with Gasteiger partial charge >= 0.3 is 5.97 Å². The lowest BCUT2D eigenvalue weighted by Gasteiger charge is -2.30. The van der Waals surface area contributed by atoms with Crippen molar-refractivity contribution >= 4 is 35.4 Å². The molecule has 44 heavy (non-hydrogen) atoms. The van der Waals surface area contributed by atoms with Crippen LogP contribution in [0.25, 0.3) is 0 Å². The van der Waals surface area contributed by atoms with Gasteiger partial charge in [-0.15, -0.1) is 0 Å². The van der Waals surface area contributed by atoms with Crippen LogP contribution in [0, 0.1) is 5.92 Å². The Balaban J connectivity index is 1.68. The number of carboxylic acids is 1. The second-order valence-electron chi connectivity index (χ2n) is 11.5. The molecular weight excluding hydrogens is 564 g/mol. The highest BCUT2D eigenvalue weighted by atomic mass is 16.4. The SMILES string of the molecule is CC[C@H](C)[C@H](NC(=O)C(=O)C(C)NC(=O)[C@H](Cc1ccccc1)NC(=O)Cc1ccccc1)C(=O)NC1(C(=O)O)CCCC1. The fourth-order valence-corrected chi connectivity index (χ4v) is 5.26. The van der Waals surface area contributed by atoms with Gasteiger partial charge < -0.3 is 26.4 Å². The average molecular weight is 607 g/mol. The molecule has 2 aromatic carbocycles. The summed E-state index contributed by atoms with van der Waals surface area (Å²) in [6, 6.07) is 14.7. The number of rotatable bonds is 15. The molecule has 0 saturated heterocycles. The standard InChI is InChI=1S/C33H42N4O7/c1-4-21(2)27(30(41)37-33(32(43)44)17-11-12-18-33)36-31(42)28(39)22(3)34-29(40)25(19-23-13-7-5-8-14-23)35-26(38)20-24-15-9-6-10-16-24/h5-10,13-16,21-22,25,27H,4,11-12,17-20H2,1-3H3,(H,34,40)(H,35,38)(H,36,42)(H,37,41)(H,43,44)/t21-,22?,25-,27-/m0/s1. The van der Waals surface area contributed by atoms with E-state index in [2.05, 4.69) is 21.3 Å². The van der Waals surface area contributed by atoms with Crippen molar-refractivity contribution < 1.29 is 33.9 Å². The Labute approximate surface area is 257 Å². The first kappa shape index (κ1) is 34.0. The minimum absolute atomic E-state index is 0.0541. The van der Waals surface area contributed by atoms with Gasteiger partial charge in [-0.1, -0.05) is 93.8 Å². The van der Waals surface area contributed by atoms with E-state index in [4.69, 9.17) is 0 Å². The van der Waals surface area contributed by atoms with Crippen molar-refractivity contribution in [2.45, 2.75) is 89.4 Å². The molecule has 4 amide bonds. The third-order valence-corrected chi connectivity index (χ3v) is 8.13. The molecule has 1 aliphatic rings. The van der Waals surface area contributed by atoms with E-state index >= 15 is 0 Å². The smallest absolute Gasteiger partial charge is 0.329 e. The highest BCUT2D eigenvalue weighted by Gasteiger charge is 2.44. The van der Waals surface area contributed by atoms with Crippen LogP contribution in [0.15, 0.2) is 60.7 Å². The third kappa shape index (κ3) is 9.23. The molecule has 236 valence electrons. The minimum Gasteiger partial charge on any atom is -0.480 e. The Morgan fingerprint density at radius 1 is 0.795 bits per heavy atom. The van der Waals surface area contributed by atoms with Gasteiger partial charge in [0.25, 0.3) is 5.91 Å². The number of Topliss-reactive ketones (excluding diaryl/α,β-unsaturated/α-hetero) is 1. The summed E-state index contributed by atoms with van der Waals surface area (Å²) in [6.07, 6.45) is 2.55. The molecule has 3 rings (SSSR count). The van der Waals surface area contributed by atoms with Crippen LogP contribution < -0.4 is 21.3 Å². The van der Waals surface area contributed by atoms with Gasteiger partial charge in [0.05, 0.1) is 12.5 Å². The van der Waals surface area contributed by atoms with Crippen molar-refractivity contribution in [2.24, 2.45) is 5.92 Å². The zero-order valence-corrected chi connectivity index (χ0v) is 25.4. The molecule has 0 bridgehead atoms. The second-order valence-corrected chi connectivity index (χ2v) is 11.5. The number of carboxylic acid groups (broad SMARTS) is 1. The summed E-state index contributed by atoms with van der Waals surface area (Å²) in [6.45, 7) is 4.87. The van der Waals surface area contributed by atoms with Gasteiger partial charge in [0.1, 0.15) is 17.6 Å². The minimum atomic E-state index is -1.41. The molecule has 0 heterocycles. The average Bonchev–Trinajstić information content (AvgIpc) is 3.49. The molecule has 0 spiro atoms. The third-order valence-electron chi connectivity index (χ3n) is 8.13. The molecule has 1 aliphatic carbocycles. The monoisotopic (exact) mass is 606 g/mol. The van der Waals surface area contributed by atoms with Gasteiger partial charge in [-0.25, -0.2) is 4.79 Å². The number of carbonyl (C=O) groups excluding carboxylic acids is 5. The molecule has 2 aromatic rings. The molecule has 11 heteroatoms. The molecule has 11 nitrogen and oxygen atoms in total. The number of aliphatic carboxylic acids is 1. The maximum Gasteiger partial charge on any atom is 0.329 e. The van der Waals surface area contributed by atoms with Gasteiger partial charge in [0, 0.05) is 6.42 Å². The van der Waals surface area contributed by atoms with Crippen LogP contribution in [0.3, 0.4) is 0 Å². The summed E-state index contributed by atoms with van der Waals surface area (Å²) in [5.74, 6) is -5.31. The van der Waals surface area contributed by atoms with Crippen LogP contribution >= 0.6 is 0 Å². The van der Waals surface area contributed by atoms with Crippen LogP contribution in [-0.4, -0.2) is 64.2 Å². The Kier molecular flexibility index (Phi) is 12.2. The summed E-state index contributed by atoms with van der Waals surface area (Å²) in [4.78, 5) is 77.4.